The molecule has 1 aliphatic heterocycles. The first-order valence-corrected chi connectivity index (χ1v) is 7.90. The lowest BCUT2D eigenvalue weighted by Crippen LogP contribution is -2.44. The minimum Gasteiger partial charge on any atom is -0.366 e. The molecule has 0 bridgehead atoms. The number of nitrogens with zero attached hydrogens (tertiary/aromatic N) is 3. The predicted octanol–water partition coefficient (Wildman–Crippen LogP) is 2.57. The lowest BCUT2D eigenvalue weighted by molar-refractivity contribution is 0.586. The third-order valence-electron chi connectivity index (χ3n) is 4.33. The Kier molecular flexibility index (Phi) is 3.50. The summed E-state index contributed by atoms with van der Waals surface area (Å²) in [5.41, 5.74) is 2.70. The highest BCUT2D eigenvalue weighted by Crippen LogP contribution is 2.43. The summed E-state index contributed by atoms with van der Waals surface area (Å²) in [5, 5.41) is 3.36. The molecule has 0 radical (unpaired) electrons. The molecule has 22 heavy (non-hydrogen) atoms. The van der Waals surface area contributed by atoms with Crippen LogP contribution in [-0.2, 0) is 0 Å². The van der Waals surface area contributed by atoms with Crippen LogP contribution < -0.4 is 10.2 Å². The molecule has 2 fully saturated rings. The highest BCUT2D eigenvalue weighted by atomic mass is 19.1. The van der Waals surface area contributed by atoms with Crippen LogP contribution >= 0.6 is 0 Å². The fourth-order valence-electron chi connectivity index (χ4n) is 2.97. The van der Waals surface area contributed by atoms with E-state index in [1.54, 1.807) is 12.1 Å². The van der Waals surface area contributed by atoms with Crippen LogP contribution in [0, 0.1) is 5.82 Å². The molecule has 0 atom stereocenters. The van der Waals surface area contributed by atoms with Gasteiger partial charge in [0.05, 0.1) is 23.1 Å². The normalized spacial score (nSPS) is 18.5. The van der Waals surface area contributed by atoms with E-state index in [0.717, 1.165) is 37.6 Å². The molecule has 1 saturated heterocycles. The van der Waals surface area contributed by atoms with Gasteiger partial charge < -0.3 is 10.2 Å². The van der Waals surface area contributed by atoms with E-state index in [1.807, 2.05) is 12.3 Å². The molecule has 1 aliphatic carbocycles. The van der Waals surface area contributed by atoms with Crippen molar-refractivity contribution in [1.82, 2.24) is 15.3 Å². The lowest BCUT2D eigenvalue weighted by atomic mass is 10.1. The van der Waals surface area contributed by atoms with Crippen LogP contribution in [0.2, 0.25) is 0 Å². The number of halogens is 1. The van der Waals surface area contributed by atoms with Gasteiger partial charge in [-0.15, -0.1) is 0 Å². The van der Waals surface area contributed by atoms with Crippen molar-refractivity contribution in [3.8, 4) is 11.4 Å². The van der Waals surface area contributed by atoms with E-state index in [2.05, 4.69) is 15.2 Å². The van der Waals surface area contributed by atoms with Gasteiger partial charge in [-0.3, -0.25) is 0 Å². The number of nitrogens with one attached hydrogen (secondary N) is 1. The molecule has 0 amide bonds. The fourth-order valence-corrected chi connectivity index (χ4v) is 2.97. The Bertz CT molecular complexity index is 678. The zero-order valence-electron chi connectivity index (χ0n) is 12.4. The number of rotatable bonds is 3. The number of piperazine rings is 1. The van der Waals surface area contributed by atoms with Crippen molar-refractivity contribution in [2.75, 3.05) is 31.1 Å². The molecule has 4 nitrogen and oxygen atoms in total. The first kappa shape index (κ1) is 13.6. The van der Waals surface area contributed by atoms with Gasteiger partial charge in [-0.1, -0.05) is 12.1 Å². The molecule has 4 rings (SSSR count). The van der Waals surface area contributed by atoms with Gasteiger partial charge in [-0.2, -0.15) is 0 Å². The minimum atomic E-state index is -0.265. The van der Waals surface area contributed by atoms with E-state index >= 15 is 0 Å². The lowest BCUT2D eigenvalue weighted by Gasteiger charge is -2.30. The third-order valence-corrected chi connectivity index (χ3v) is 4.33. The van der Waals surface area contributed by atoms with Crippen LogP contribution in [0.4, 0.5) is 10.1 Å². The Morgan fingerprint density at radius 3 is 2.64 bits per heavy atom. The number of aromatic nitrogens is 2. The molecule has 2 heterocycles. The van der Waals surface area contributed by atoms with Crippen molar-refractivity contribution < 1.29 is 4.39 Å². The van der Waals surface area contributed by atoms with E-state index < -0.39 is 0 Å². The van der Waals surface area contributed by atoms with Crippen molar-refractivity contribution in [1.29, 1.82) is 0 Å². The Hall–Kier alpha value is -2.01. The molecule has 5 heteroatoms. The summed E-state index contributed by atoms with van der Waals surface area (Å²) in [6.45, 7) is 3.92. The summed E-state index contributed by atoms with van der Waals surface area (Å²) in [7, 11) is 0. The van der Waals surface area contributed by atoms with Gasteiger partial charge in [0, 0.05) is 32.1 Å². The molecular formula is C17H19FN4. The largest absolute Gasteiger partial charge is 0.366 e. The highest BCUT2D eigenvalue weighted by Gasteiger charge is 2.30. The van der Waals surface area contributed by atoms with Crippen LogP contribution in [0.5, 0.6) is 0 Å². The summed E-state index contributed by atoms with van der Waals surface area (Å²) >= 11 is 0. The van der Waals surface area contributed by atoms with Gasteiger partial charge in [-0.05, 0) is 25.0 Å². The average molecular weight is 298 g/mol. The molecule has 1 N–H and O–H groups in total. The van der Waals surface area contributed by atoms with E-state index in [9.17, 15) is 4.39 Å². The average Bonchev–Trinajstić information content (AvgIpc) is 3.41. The van der Waals surface area contributed by atoms with Crippen molar-refractivity contribution >= 4 is 5.69 Å². The molecular weight excluding hydrogens is 279 g/mol. The molecule has 1 aromatic heterocycles. The zero-order valence-corrected chi connectivity index (χ0v) is 12.4. The Balaban J connectivity index is 1.74. The summed E-state index contributed by atoms with van der Waals surface area (Å²) in [4.78, 5) is 11.5. The highest BCUT2D eigenvalue weighted by molar-refractivity contribution is 5.60. The molecule has 2 aromatic rings. The monoisotopic (exact) mass is 298 g/mol. The molecule has 0 spiro atoms. The second kappa shape index (κ2) is 5.65. The first-order chi connectivity index (χ1) is 10.8. The van der Waals surface area contributed by atoms with E-state index in [1.165, 1.54) is 18.9 Å². The van der Waals surface area contributed by atoms with E-state index in [-0.39, 0.29) is 5.82 Å². The quantitative estimate of drug-likeness (QED) is 0.945. The Morgan fingerprint density at radius 1 is 1.14 bits per heavy atom. The van der Waals surface area contributed by atoms with Gasteiger partial charge >= 0.3 is 0 Å². The molecule has 114 valence electrons. The van der Waals surface area contributed by atoms with Crippen molar-refractivity contribution in [3.05, 3.63) is 42.0 Å². The third kappa shape index (κ3) is 2.57. The van der Waals surface area contributed by atoms with Crippen LogP contribution in [0.15, 0.2) is 30.5 Å². The predicted molar refractivity (Wildman–Crippen MR) is 84.5 cm³/mol. The molecule has 1 aromatic carbocycles. The minimum absolute atomic E-state index is 0.265. The first-order valence-electron chi connectivity index (χ1n) is 7.90. The maximum atomic E-state index is 14.0. The van der Waals surface area contributed by atoms with Crippen LogP contribution in [-0.4, -0.2) is 36.1 Å². The van der Waals surface area contributed by atoms with Gasteiger partial charge in [0.15, 0.2) is 5.82 Å². The summed E-state index contributed by atoms with van der Waals surface area (Å²) < 4.78 is 14.0. The van der Waals surface area contributed by atoms with Crippen molar-refractivity contribution in [2.24, 2.45) is 0 Å². The van der Waals surface area contributed by atoms with E-state index in [0.29, 0.717) is 17.3 Å². The van der Waals surface area contributed by atoms with Crippen molar-refractivity contribution in [3.63, 3.8) is 0 Å². The molecule has 1 saturated carbocycles. The topological polar surface area (TPSA) is 41.1 Å². The zero-order chi connectivity index (χ0) is 14.9. The smallest absolute Gasteiger partial charge is 0.162 e. The van der Waals surface area contributed by atoms with Crippen LogP contribution in [0.25, 0.3) is 11.4 Å². The van der Waals surface area contributed by atoms with Gasteiger partial charge in [-0.25, -0.2) is 14.4 Å². The fraction of sp³-hybridized carbons (Fsp3) is 0.412. The SMILES string of the molecule is Fc1ccccc1-c1ncc(N2CCNCC2)c(C2CC2)n1. The Labute approximate surface area is 129 Å². The molecule has 0 unspecified atom stereocenters. The molecule has 2 aliphatic rings. The van der Waals surface area contributed by atoms with Gasteiger partial charge in [0.1, 0.15) is 5.82 Å². The summed E-state index contributed by atoms with van der Waals surface area (Å²) in [6, 6.07) is 6.71. The van der Waals surface area contributed by atoms with Gasteiger partial charge in [0.25, 0.3) is 0 Å². The second-order valence-electron chi connectivity index (χ2n) is 5.96. The van der Waals surface area contributed by atoms with Crippen molar-refractivity contribution in [2.45, 2.75) is 18.8 Å². The standard InChI is InChI=1S/C17H19FN4/c18-14-4-2-1-3-13(14)17-20-11-15(16(21-17)12-5-6-12)22-9-7-19-8-10-22/h1-4,11-12,19H,5-10H2. The summed E-state index contributed by atoms with van der Waals surface area (Å²) in [6.07, 6.45) is 4.23. The van der Waals surface area contributed by atoms with Gasteiger partial charge in [0.2, 0.25) is 0 Å². The second-order valence-corrected chi connectivity index (χ2v) is 5.96. The number of hydrogen-bond acceptors (Lipinski definition) is 4. The maximum Gasteiger partial charge on any atom is 0.162 e. The van der Waals surface area contributed by atoms with Crippen LogP contribution in [0.3, 0.4) is 0 Å². The number of benzene rings is 1. The van der Waals surface area contributed by atoms with Crippen LogP contribution in [0.1, 0.15) is 24.5 Å². The summed E-state index contributed by atoms with van der Waals surface area (Å²) in [5.74, 6) is 0.747. The Morgan fingerprint density at radius 2 is 1.91 bits per heavy atom. The maximum absolute atomic E-state index is 14.0. The number of hydrogen-bond donors (Lipinski definition) is 1. The number of anilines is 1. The van der Waals surface area contributed by atoms with E-state index in [4.69, 9.17) is 4.98 Å².